The zero-order valence-electron chi connectivity index (χ0n) is 18.5. The van der Waals surface area contributed by atoms with Crippen LogP contribution in [-0.4, -0.2) is 42.3 Å². The number of nitrogens with one attached hydrogen (secondary N) is 2. The SMILES string of the molecule is CC(C)[C@H](NC(=O)OCC1c2ccccc2-c2ccccc21)C(=O)NCCCCC(=O)O. The number of benzene rings is 2. The number of amides is 2. The van der Waals surface area contributed by atoms with Crippen LogP contribution in [0.15, 0.2) is 48.5 Å². The van der Waals surface area contributed by atoms with Gasteiger partial charge >= 0.3 is 12.1 Å². The maximum absolute atomic E-state index is 12.5. The highest BCUT2D eigenvalue weighted by Gasteiger charge is 2.30. The van der Waals surface area contributed by atoms with Gasteiger partial charge in [0.05, 0.1) is 0 Å². The molecule has 3 N–H and O–H groups in total. The Morgan fingerprint density at radius 3 is 2.12 bits per heavy atom. The van der Waals surface area contributed by atoms with Crippen LogP contribution in [0.5, 0.6) is 0 Å². The highest BCUT2D eigenvalue weighted by atomic mass is 16.5. The highest BCUT2D eigenvalue weighted by Crippen LogP contribution is 2.44. The molecule has 0 fully saturated rings. The minimum atomic E-state index is -0.853. The number of ether oxygens (including phenoxy) is 1. The number of carboxylic acids is 1. The number of carboxylic acid groups (broad SMARTS) is 1. The van der Waals surface area contributed by atoms with E-state index in [1.807, 2.05) is 38.1 Å². The van der Waals surface area contributed by atoms with Gasteiger partial charge in [0.15, 0.2) is 0 Å². The molecule has 2 amide bonds. The molecule has 0 aromatic heterocycles. The zero-order valence-corrected chi connectivity index (χ0v) is 18.5. The van der Waals surface area contributed by atoms with Gasteiger partial charge in [-0.15, -0.1) is 0 Å². The highest BCUT2D eigenvalue weighted by molar-refractivity contribution is 5.86. The molecule has 0 unspecified atom stereocenters. The van der Waals surface area contributed by atoms with Gasteiger partial charge < -0.3 is 20.5 Å². The summed E-state index contributed by atoms with van der Waals surface area (Å²) in [4.78, 5) is 35.6. The van der Waals surface area contributed by atoms with E-state index in [0.717, 1.165) is 22.3 Å². The molecule has 2 aromatic rings. The molecular formula is C25H30N2O5. The molecule has 0 aliphatic heterocycles. The maximum atomic E-state index is 12.5. The van der Waals surface area contributed by atoms with E-state index in [-0.39, 0.29) is 30.8 Å². The first-order chi connectivity index (χ1) is 15.4. The molecule has 0 heterocycles. The molecular weight excluding hydrogens is 408 g/mol. The maximum Gasteiger partial charge on any atom is 0.407 e. The van der Waals surface area contributed by atoms with Crippen LogP contribution < -0.4 is 10.6 Å². The number of hydrogen-bond donors (Lipinski definition) is 3. The van der Waals surface area contributed by atoms with Crippen molar-refractivity contribution in [3.63, 3.8) is 0 Å². The van der Waals surface area contributed by atoms with E-state index in [1.165, 1.54) is 0 Å². The predicted octanol–water partition coefficient (Wildman–Crippen LogP) is 3.92. The molecule has 170 valence electrons. The lowest BCUT2D eigenvalue weighted by molar-refractivity contribution is -0.137. The van der Waals surface area contributed by atoms with Crippen LogP contribution in [-0.2, 0) is 14.3 Å². The van der Waals surface area contributed by atoms with Crippen LogP contribution in [0.3, 0.4) is 0 Å². The van der Waals surface area contributed by atoms with Gasteiger partial charge in [0, 0.05) is 18.9 Å². The van der Waals surface area contributed by atoms with Gasteiger partial charge in [0.1, 0.15) is 12.6 Å². The van der Waals surface area contributed by atoms with E-state index < -0.39 is 18.1 Å². The number of carbonyl (C=O) groups excluding carboxylic acids is 2. The molecule has 1 atom stereocenters. The number of aliphatic carboxylic acids is 1. The van der Waals surface area contributed by atoms with Crippen molar-refractivity contribution in [2.24, 2.45) is 5.92 Å². The molecule has 0 radical (unpaired) electrons. The predicted molar refractivity (Wildman–Crippen MR) is 121 cm³/mol. The van der Waals surface area contributed by atoms with Gasteiger partial charge in [0.25, 0.3) is 0 Å². The summed E-state index contributed by atoms with van der Waals surface area (Å²) in [5.74, 6) is -1.33. The van der Waals surface area contributed by atoms with Gasteiger partial charge in [-0.2, -0.15) is 0 Å². The summed E-state index contributed by atoms with van der Waals surface area (Å²) in [7, 11) is 0. The Morgan fingerprint density at radius 2 is 1.56 bits per heavy atom. The van der Waals surface area contributed by atoms with E-state index >= 15 is 0 Å². The first kappa shape index (κ1) is 23.3. The van der Waals surface area contributed by atoms with Crippen molar-refractivity contribution in [3.8, 4) is 11.1 Å². The lowest BCUT2D eigenvalue weighted by Gasteiger charge is -2.22. The van der Waals surface area contributed by atoms with Crippen LogP contribution in [0.2, 0.25) is 0 Å². The van der Waals surface area contributed by atoms with Gasteiger partial charge in [-0.3, -0.25) is 9.59 Å². The van der Waals surface area contributed by atoms with Crippen LogP contribution in [0.4, 0.5) is 4.79 Å². The van der Waals surface area contributed by atoms with Crippen molar-refractivity contribution in [1.82, 2.24) is 10.6 Å². The Bertz CT molecular complexity index is 927. The Labute approximate surface area is 188 Å². The quantitative estimate of drug-likeness (QED) is 0.488. The van der Waals surface area contributed by atoms with Gasteiger partial charge in [-0.05, 0) is 41.0 Å². The molecule has 7 nitrogen and oxygen atoms in total. The number of alkyl carbamates (subject to hydrolysis) is 1. The van der Waals surface area contributed by atoms with Gasteiger partial charge in [0.2, 0.25) is 5.91 Å². The summed E-state index contributed by atoms with van der Waals surface area (Å²) >= 11 is 0. The second-order valence-electron chi connectivity index (χ2n) is 8.33. The van der Waals surface area contributed by atoms with Gasteiger partial charge in [-0.25, -0.2) is 4.79 Å². The lowest BCUT2D eigenvalue weighted by Crippen LogP contribution is -2.50. The summed E-state index contributed by atoms with van der Waals surface area (Å²) < 4.78 is 5.54. The molecule has 0 bridgehead atoms. The summed E-state index contributed by atoms with van der Waals surface area (Å²) in [6.45, 7) is 4.24. The van der Waals surface area contributed by atoms with E-state index in [4.69, 9.17) is 9.84 Å². The van der Waals surface area contributed by atoms with Crippen LogP contribution in [0.1, 0.15) is 50.2 Å². The number of hydrogen-bond acceptors (Lipinski definition) is 4. The lowest BCUT2D eigenvalue weighted by atomic mass is 9.98. The van der Waals surface area contributed by atoms with E-state index in [1.54, 1.807) is 0 Å². The number of unbranched alkanes of at least 4 members (excludes halogenated alkanes) is 1. The topological polar surface area (TPSA) is 105 Å². The normalized spacial score (nSPS) is 13.2. The summed E-state index contributed by atoms with van der Waals surface area (Å²) in [5, 5.41) is 14.1. The largest absolute Gasteiger partial charge is 0.481 e. The second-order valence-corrected chi connectivity index (χ2v) is 8.33. The van der Waals surface area contributed by atoms with Crippen LogP contribution in [0.25, 0.3) is 11.1 Å². The van der Waals surface area contributed by atoms with E-state index in [9.17, 15) is 14.4 Å². The number of carbonyl (C=O) groups is 3. The van der Waals surface area contributed by atoms with Gasteiger partial charge in [-0.1, -0.05) is 62.4 Å². The fourth-order valence-electron chi connectivity index (χ4n) is 4.02. The Kier molecular flexibility index (Phi) is 7.87. The molecule has 7 heteroatoms. The summed E-state index contributed by atoms with van der Waals surface area (Å²) in [6, 6.07) is 15.5. The molecule has 0 saturated heterocycles. The first-order valence-corrected chi connectivity index (χ1v) is 11.0. The Hall–Kier alpha value is -3.35. The van der Waals surface area contributed by atoms with Crippen molar-refractivity contribution < 1.29 is 24.2 Å². The number of rotatable bonds is 10. The Morgan fingerprint density at radius 1 is 0.969 bits per heavy atom. The smallest absolute Gasteiger partial charge is 0.407 e. The fraction of sp³-hybridized carbons (Fsp3) is 0.400. The summed E-state index contributed by atoms with van der Waals surface area (Å²) in [6.07, 6.45) is 0.489. The number of fused-ring (bicyclic) bond motifs is 3. The molecule has 1 aliphatic rings. The Balaban J connectivity index is 1.55. The average Bonchev–Trinajstić information content (AvgIpc) is 3.09. The third-order valence-corrected chi connectivity index (χ3v) is 5.68. The molecule has 3 rings (SSSR count). The third kappa shape index (κ3) is 5.66. The molecule has 0 saturated carbocycles. The van der Waals surface area contributed by atoms with E-state index in [0.29, 0.717) is 19.4 Å². The fourth-order valence-corrected chi connectivity index (χ4v) is 4.02. The van der Waals surface area contributed by atoms with Crippen molar-refractivity contribution in [1.29, 1.82) is 0 Å². The van der Waals surface area contributed by atoms with Crippen molar-refractivity contribution in [2.45, 2.75) is 45.1 Å². The minimum absolute atomic E-state index is 0.0475. The standard InChI is InChI=1S/C25H30N2O5/c1-16(2)23(24(30)26-14-8-7-13-22(28)29)27-25(31)32-15-21-19-11-5-3-9-17(19)18-10-4-6-12-20(18)21/h3-6,9-12,16,21,23H,7-8,13-15H2,1-2H3,(H,26,30)(H,27,31)(H,28,29)/t23-/m0/s1. The van der Waals surface area contributed by atoms with E-state index in [2.05, 4.69) is 34.9 Å². The van der Waals surface area contributed by atoms with Crippen LogP contribution in [0, 0.1) is 5.92 Å². The van der Waals surface area contributed by atoms with Crippen molar-refractivity contribution >= 4 is 18.0 Å². The monoisotopic (exact) mass is 438 g/mol. The zero-order chi connectivity index (χ0) is 23.1. The third-order valence-electron chi connectivity index (χ3n) is 5.68. The molecule has 1 aliphatic carbocycles. The summed E-state index contributed by atoms with van der Waals surface area (Å²) in [5.41, 5.74) is 4.56. The molecule has 32 heavy (non-hydrogen) atoms. The molecule has 0 spiro atoms. The van der Waals surface area contributed by atoms with Crippen molar-refractivity contribution in [2.75, 3.05) is 13.2 Å². The van der Waals surface area contributed by atoms with Crippen LogP contribution >= 0.6 is 0 Å². The minimum Gasteiger partial charge on any atom is -0.481 e. The average molecular weight is 439 g/mol. The molecule has 2 aromatic carbocycles. The second kappa shape index (κ2) is 10.8. The first-order valence-electron chi connectivity index (χ1n) is 11.0. The van der Waals surface area contributed by atoms with Crippen molar-refractivity contribution in [3.05, 3.63) is 59.7 Å².